The van der Waals surface area contributed by atoms with Crippen LogP contribution in [-0.2, 0) is 6.54 Å². The van der Waals surface area contributed by atoms with Gasteiger partial charge in [0.25, 0.3) is 0 Å². The van der Waals surface area contributed by atoms with Gasteiger partial charge in [-0.2, -0.15) is 5.26 Å². The summed E-state index contributed by atoms with van der Waals surface area (Å²) in [5.74, 6) is 1.76. The van der Waals surface area contributed by atoms with Crippen molar-refractivity contribution >= 4 is 22.7 Å². The second kappa shape index (κ2) is 8.10. The molecule has 2 aliphatic heterocycles. The number of rotatable bonds is 5. The predicted molar refractivity (Wildman–Crippen MR) is 119 cm³/mol. The maximum absolute atomic E-state index is 9.07. The largest absolute Gasteiger partial charge is 0.457 e. The first kappa shape index (κ1) is 18.5. The van der Waals surface area contributed by atoms with Crippen molar-refractivity contribution in [2.45, 2.75) is 13.0 Å². The first-order valence-electron chi connectivity index (χ1n) is 10.3. The minimum absolute atomic E-state index is 0.155. The number of nitriles is 1. The fourth-order valence-electron chi connectivity index (χ4n) is 4.02. The lowest BCUT2D eigenvalue weighted by molar-refractivity contribution is 0.321. The SMILES string of the molecule is N#C[C@@H]1CCN(Cc2ccc3cc(Oc4ccc(C5=CC=NC5)cc4)ccc3n2)C1. The topological polar surface area (TPSA) is 61.5 Å². The summed E-state index contributed by atoms with van der Waals surface area (Å²) in [6.45, 7) is 3.34. The van der Waals surface area contributed by atoms with E-state index in [1.807, 2.05) is 42.6 Å². The molecular formula is C25H22N4O. The molecule has 0 spiro atoms. The molecule has 5 heteroatoms. The Kier molecular flexibility index (Phi) is 5.00. The molecule has 0 unspecified atom stereocenters. The lowest BCUT2D eigenvalue weighted by Crippen LogP contribution is -2.20. The van der Waals surface area contributed by atoms with Crippen LogP contribution in [0.5, 0.6) is 11.5 Å². The van der Waals surface area contributed by atoms with Crippen molar-refractivity contribution < 1.29 is 4.74 Å². The molecule has 2 aliphatic rings. The molecule has 0 radical (unpaired) electrons. The van der Waals surface area contributed by atoms with Crippen LogP contribution in [0.4, 0.5) is 0 Å². The Morgan fingerprint density at radius 3 is 2.70 bits per heavy atom. The molecule has 3 heterocycles. The summed E-state index contributed by atoms with van der Waals surface area (Å²) in [5, 5.41) is 10.1. The number of benzene rings is 2. The third kappa shape index (κ3) is 3.96. The Morgan fingerprint density at radius 1 is 1.07 bits per heavy atom. The molecule has 0 aliphatic carbocycles. The highest BCUT2D eigenvalue weighted by molar-refractivity contribution is 5.89. The summed E-state index contributed by atoms with van der Waals surface area (Å²) >= 11 is 0. The monoisotopic (exact) mass is 394 g/mol. The zero-order chi connectivity index (χ0) is 20.3. The van der Waals surface area contributed by atoms with Crippen molar-refractivity contribution in [2.24, 2.45) is 10.9 Å². The van der Waals surface area contributed by atoms with Crippen molar-refractivity contribution in [1.82, 2.24) is 9.88 Å². The van der Waals surface area contributed by atoms with Crippen LogP contribution in [0.2, 0.25) is 0 Å². The van der Waals surface area contributed by atoms with Crippen molar-refractivity contribution in [3.05, 3.63) is 71.9 Å². The van der Waals surface area contributed by atoms with Gasteiger partial charge in [0, 0.05) is 24.7 Å². The molecule has 0 saturated carbocycles. The molecule has 1 saturated heterocycles. The van der Waals surface area contributed by atoms with E-state index in [1.165, 1.54) is 11.1 Å². The first-order chi connectivity index (χ1) is 14.8. The highest BCUT2D eigenvalue weighted by Crippen LogP contribution is 2.27. The Hall–Kier alpha value is -3.49. The summed E-state index contributed by atoms with van der Waals surface area (Å²) in [7, 11) is 0. The second-order valence-electron chi connectivity index (χ2n) is 7.82. The van der Waals surface area contributed by atoms with E-state index in [0.29, 0.717) is 0 Å². The average Bonchev–Trinajstić information content (AvgIpc) is 3.47. The van der Waals surface area contributed by atoms with Gasteiger partial charge in [-0.3, -0.25) is 14.9 Å². The van der Waals surface area contributed by atoms with Crippen LogP contribution in [0.15, 0.2) is 65.7 Å². The van der Waals surface area contributed by atoms with E-state index >= 15 is 0 Å². The maximum atomic E-state index is 9.07. The lowest BCUT2D eigenvalue weighted by atomic mass is 10.1. The quantitative estimate of drug-likeness (QED) is 0.621. The van der Waals surface area contributed by atoms with Gasteiger partial charge in [-0.25, -0.2) is 0 Å². The lowest BCUT2D eigenvalue weighted by Gasteiger charge is -2.14. The Labute approximate surface area is 175 Å². The first-order valence-corrected chi connectivity index (χ1v) is 10.3. The molecule has 3 aromatic rings. The number of aliphatic imine (C=N–C) groups is 1. The third-order valence-corrected chi connectivity index (χ3v) is 5.66. The molecule has 0 bridgehead atoms. The molecule has 148 valence electrons. The normalized spacial score (nSPS) is 18.5. The van der Waals surface area contributed by atoms with Gasteiger partial charge in [-0.1, -0.05) is 18.2 Å². The Morgan fingerprint density at radius 2 is 1.93 bits per heavy atom. The molecule has 5 rings (SSSR count). The van der Waals surface area contributed by atoms with Gasteiger partial charge in [-0.15, -0.1) is 0 Å². The summed E-state index contributed by atoms with van der Waals surface area (Å²) in [6.07, 6.45) is 4.85. The number of fused-ring (bicyclic) bond motifs is 1. The summed E-state index contributed by atoms with van der Waals surface area (Å²) < 4.78 is 6.05. The molecule has 1 atom stereocenters. The third-order valence-electron chi connectivity index (χ3n) is 5.66. The van der Waals surface area contributed by atoms with Gasteiger partial charge in [0.15, 0.2) is 0 Å². The van der Waals surface area contributed by atoms with Crippen molar-refractivity contribution in [1.29, 1.82) is 5.26 Å². The van der Waals surface area contributed by atoms with Crippen molar-refractivity contribution in [3.63, 3.8) is 0 Å². The van der Waals surface area contributed by atoms with E-state index in [9.17, 15) is 0 Å². The van der Waals surface area contributed by atoms with E-state index in [0.717, 1.165) is 60.7 Å². The van der Waals surface area contributed by atoms with E-state index in [4.69, 9.17) is 15.0 Å². The van der Waals surface area contributed by atoms with Crippen LogP contribution in [-0.4, -0.2) is 35.7 Å². The average molecular weight is 394 g/mol. The van der Waals surface area contributed by atoms with E-state index in [2.05, 4.69) is 40.2 Å². The fourth-order valence-corrected chi connectivity index (χ4v) is 4.02. The Bertz CT molecular complexity index is 1170. The number of hydrogen-bond acceptors (Lipinski definition) is 5. The zero-order valence-electron chi connectivity index (χ0n) is 16.7. The van der Waals surface area contributed by atoms with Crippen LogP contribution in [0.1, 0.15) is 17.7 Å². The van der Waals surface area contributed by atoms with Gasteiger partial charge in [-0.05, 0) is 66.6 Å². The molecule has 30 heavy (non-hydrogen) atoms. The highest BCUT2D eigenvalue weighted by Gasteiger charge is 2.22. The predicted octanol–water partition coefficient (Wildman–Crippen LogP) is 4.84. The van der Waals surface area contributed by atoms with Crippen LogP contribution < -0.4 is 4.74 Å². The number of aromatic nitrogens is 1. The number of allylic oxidation sites excluding steroid dienone is 1. The van der Waals surface area contributed by atoms with Gasteiger partial charge in [0.05, 0.1) is 29.7 Å². The van der Waals surface area contributed by atoms with Gasteiger partial charge >= 0.3 is 0 Å². The maximum Gasteiger partial charge on any atom is 0.128 e. The van der Waals surface area contributed by atoms with E-state index in [1.54, 1.807) is 0 Å². The van der Waals surface area contributed by atoms with Crippen molar-refractivity contribution in [3.8, 4) is 17.6 Å². The number of nitrogens with zero attached hydrogens (tertiary/aromatic N) is 4. The summed E-state index contributed by atoms with van der Waals surface area (Å²) in [5.41, 5.74) is 4.40. The molecule has 1 aromatic heterocycles. The highest BCUT2D eigenvalue weighted by atomic mass is 16.5. The number of likely N-dealkylation sites (tertiary alicyclic amines) is 1. The molecule has 0 amide bonds. The zero-order valence-corrected chi connectivity index (χ0v) is 16.7. The minimum Gasteiger partial charge on any atom is -0.457 e. The molecular weight excluding hydrogens is 372 g/mol. The minimum atomic E-state index is 0.155. The number of pyridine rings is 1. The van der Waals surface area contributed by atoms with Gasteiger partial charge in [0.1, 0.15) is 11.5 Å². The number of hydrogen-bond donors (Lipinski definition) is 0. The molecule has 2 aromatic carbocycles. The summed E-state index contributed by atoms with van der Waals surface area (Å²) in [6, 6.07) is 20.6. The standard InChI is InChI=1S/C25H22N4O/c26-14-18-10-12-29(16-18)17-22-4-1-20-13-24(7-8-25(20)28-22)30-23-5-2-19(3-6-23)21-9-11-27-15-21/h1-9,11,13,18H,10,12,15-17H2/t18-/m0/s1. The van der Waals surface area contributed by atoms with Crippen LogP contribution >= 0.6 is 0 Å². The fraction of sp³-hybridized carbons (Fsp3) is 0.240. The second-order valence-corrected chi connectivity index (χ2v) is 7.82. The molecule has 0 N–H and O–H groups in total. The molecule has 5 nitrogen and oxygen atoms in total. The van der Waals surface area contributed by atoms with E-state index < -0.39 is 0 Å². The van der Waals surface area contributed by atoms with Crippen LogP contribution in [0.3, 0.4) is 0 Å². The van der Waals surface area contributed by atoms with E-state index in [-0.39, 0.29) is 5.92 Å². The van der Waals surface area contributed by atoms with Gasteiger partial charge < -0.3 is 4.74 Å². The number of ether oxygens (including phenoxy) is 1. The summed E-state index contributed by atoms with van der Waals surface area (Å²) in [4.78, 5) is 11.3. The Balaban J connectivity index is 1.27. The smallest absolute Gasteiger partial charge is 0.128 e. The van der Waals surface area contributed by atoms with Crippen molar-refractivity contribution in [2.75, 3.05) is 19.6 Å². The van der Waals surface area contributed by atoms with Crippen LogP contribution in [0.25, 0.3) is 16.5 Å². The van der Waals surface area contributed by atoms with Gasteiger partial charge in [0.2, 0.25) is 0 Å². The van der Waals surface area contributed by atoms with Crippen LogP contribution in [0, 0.1) is 17.2 Å². The molecule has 1 fully saturated rings.